The molecule has 0 radical (unpaired) electrons. The van der Waals surface area contributed by atoms with E-state index in [2.05, 4.69) is 0 Å². The fourth-order valence-electron chi connectivity index (χ4n) is 1.57. The van der Waals surface area contributed by atoms with Crippen molar-refractivity contribution >= 4 is 23.2 Å². The minimum absolute atomic E-state index is 0.216. The molecular weight excluding hydrogens is 231 g/mol. The van der Waals surface area contributed by atoms with Crippen molar-refractivity contribution in [3.8, 4) is 0 Å². The second-order valence-corrected chi connectivity index (χ2v) is 4.74. The number of aliphatic hydroxyl groups excluding tert-OH is 1. The summed E-state index contributed by atoms with van der Waals surface area (Å²) in [6, 6.07) is 5.49. The summed E-state index contributed by atoms with van der Waals surface area (Å²) in [4.78, 5) is 0. The molecule has 1 N–H and O–H groups in total. The fraction of sp³-hybridized carbons (Fsp3) is 0.500. The van der Waals surface area contributed by atoms with Crippen molar-refractivity contribution in [1.29, 1.82) is 0 Å². The molecule has 0 amide bonds. The van der Waals surface area contributed by atoms with Gasteiger partial charge in [0.2, 0.25) is 0 Å². The van der Waals surface area contributed by atoms with Crippen LogP contribution >= 0.6 is 23.2 Å². The van der Waals surface area contributed by atoms with Gasteiger partial charge in [0, 0.05) is 10.0 Å². The Morgan fingerprint density at radius 2 is 2.00 bits per heavy atom. The molecule has 1 rings (SSSR count). The Hall–Kier alpha value is -0.240. The summed E-state index contributed by atoms with van der Waals surface area (Å²) < 4.78 is 0. The largest absolute Gasteiger partial charge is 0.393 e. The molecule has 1 aromatic carbocycles. The monoisotopic (exact) mass is 246 g/mol. The molecule has 0 bridgehead atoms. The third-order valence-corrected chi connectivity index (χ3v) is 3.22. The summed E-state index contributed by atoms with van der Waals surface area (Å²) in [7, 11) is 0. The van der Waals surface area contributed by atoms with Crippen LogP contribution in [0.25, 0.3) is 0 Å². The van der Waals surface area contributed by atoms with Gasteiger partial charge in [0.1, 0.15) is 0 Å². The Morgan fingerprint density at radius 1 is 1.33 bits per heavy atom. The molecule has 3 heteroatoms. The molecule has 1 aromatic rings. The number of aliphatic hydroxyl groups is 1. The van der Waals surface area contributed by atoms with Gasteiger partial charge < -0.3 is 5.11 Å². The lowest BCUT2D eigenvalue weighted by Crippen LogP contribution is -2.18. The van der Waals surface area contributed by atoms with Crippen molar-refractivity contribution in [3.63, 3.8) is 0 Å². The quantitative estimate of drug-likeness (QED) is 0.854. The minimum Gasteiger partial charge on any atom is -0.393 e. The van der Waals surface area contributed by atoms with Crippen LogP contribution in [0.5, 0.6) is 0 Å². The molecule has 0 fully saturated rings. The molecule has 0 aliphatic carbocycles. The number of hydrogen-bond donors (Lipinski definition) is 1. The maximum atomic E-state index is 9.66. The van der Waals surface area contributed by atoms with Gasteiger partial charge in [0.25, 0.3) is 0 Å². The Morgan fingerprint density at radius 3 is 2.53 bits per heavy atom. The number of rotatable bonds is 4. The number of halogens is 2. The first kappa shape index (κ1) is 12.8. The van der Waals surface area contributed by atoms with Crippen LogP contribution in [-0.4, -0.2) is 11.2 Å². The van der Waals surface area contributed by atoms with E-state index in [1.165, 1.54) is 0 Å². The maximum absolute atomic E-state index is 9.66. The van der Waals surface area contributed by atoms with Gasteiger partial charge >= 0.3 is 0 Å². The zero-order valence-electron chi connectivity index (χ0n) is 9.00. The highest BCUT2D eigenvalue weighted by Crippen LogP contribution is 2.24. The van der Waals surface area contributed by atoms with Gasteiger partial charge in [-0.2, -0.15) is 0 Å². The topological polar surface area (TPSA) is 20.2 Å². The maximum Gasteiger partial charge on any atom is 0.0566 e. The van der Waals surface area contributed by atoms with E-state index in [1.807, 2.05) is 26.0 Å². The molecule has 0 saturated carbocycles. The molecule has 0 spiro atoms. The summed E-state index contributed by atoms with van der Waals surface area (Å²) in [6.07, 6.45) is 1.29. The molecule has 15 heavy (non-hydrogen) atoms. The summed E-state index contributed by atoms with van der Waals surface area (Å²) in [5.74, 6) is 0.216. The zero-order valence-corrected chi connectivity index (χ0v) is 10.5. The first-order valence-electron chi connectivity index (χ1n) is 5.16. The predicted molar refractivity (Wildman–Crippen MR) is 65.6 cm³/mol. The lowest BCUT2D eigenvalue weighted by atomic mass is 9.94. The van der Waals surface area contributed by atoms with Gasteiger partial charge in [0.05, 0.1) is 6.10 Å². The van der Waals surface area contributed by atoms with Crippen molar-refractivity contribution in [2.75, 3.05) is 0 Å². The van der Waals surface area contributed by atoms with E-state index in [1.54, 1.807) is 6.07 Å². The Kier molecular flexibility index (Phi) is 4.91. The Labute approximate surface area is 101 Å². The standard InChI is InChI=1S/C12H16Cl2O/c1-3-12(15)8(2)6-9-4-5-10(13)7-11(9)14/h4-5,7-8,12,15H,3,6H2,1-2H3. The predicted octanol–water partition coefficient (Wildman–Crippen LogP) is 3.94. The zero-order chi connectivity index (χ0) is 11.4. The van der Waals surface area contributed by atoms with Crippen molar-refractivity contribution in [3.05, 3.63) is 33.8 Å². The van der Waals surface area contributed by atoms with Crippen LogP contribution in [0.1, 0.15) is 25.8 Å². The van der Waals surface area contributed by atoms with E-state index in [4.69, 9.17) is 23.2 Å². The SMILES string of the molecule is CCC(O)C(C)Cc1ccc(Cl)cc1Cl. The highest BCUT2D eigenvalue weighted by Gasteiger charge is 2.14. The molecule has 84 valence electrons. The highest BCUT2D eigenvalue weighted by atomic mass is 35.5. The van der Waals surface area contributed by atoms with E-state index in [9.17, 15) is 5.11 Å². The third-order valence-electron chi connectivity index (χ3n) is 2.63. The second kappa shape index (κ2) is 5.74. The molecule has 2 atom stereocenters. The van der Waals surface area contributed by atoms with Crippen molar-refractivity contribution < 1.29 is 5.11 Å². The van der Waals surface area contributed by atoms with Gasteiger partial charge in [-0.1, -0.05) is 43.1 Å². The van der Waals surface area contributed by atoms with Gasteiger partial charge in [-0.05, 0) is 36.5 Å². The lowest BCUT2D eigenvalue weighted by Gasteiger charge is -2.17. The van der Waals surface area contributed by atoms with E-state index in [0.29, 0.717) is 10.0 Å². The van der Waals surface area contributed by atoms with Gasteiger partial charge in [0.15, 0.2) is 0 Å². The van der Waals surface area contributed by atoms with Gasteiger partial charge in [-0.3, -0.25) is 0 Å². The van der Waals surface area contributed by atoms with E-state index in [0.717, 1.165) is 18.4 Å². The summed E-state index contributed by atoms with van der Waals surface area (Å²) in [5, 5.41) is 11.0. The minimum atomic E-state index is -0.267. The van der Waals surface area contributed by atoms with Crippen LogP contribution in [0.2, 0.25) is 10.0 Å². The summed E-state index contributed by atoms with van der Waals surface area (Å²) in [5.41, 5.74) is 1.04. The van der Waals surface area contributed by atoms with Crippen LogP contribution < -0.4 is 0 Å². The van der Waals surface area contributed by atoms with E-state index in [-0.39, 0.29) is 12.0 Å². The number of hydrogen-bond acceptors (Lipinski definition) is 1. The number of benzene rings is 1. The first-order chi connectivity index (χ1) is 7.04. The van der Waals surface area contributed by atoms with Crippen molar-refractivity contribution in [2.45, 2.75) is 32.8 Å². The van der Waals surface area contributed by atoms with Crippen molar-refractivity contribution in [1.82, 2.24) is 0 Å². The molecule has 0 aromatic heterocycles. The van der Waals surface area contributed by atoms with Crippen LogP contribution in [0, 0.1) is 5.92 Å². The molecular formula is C12H16Cl2O. The van der Waals surface area contributed by atoms with Crippen LogP contribution in [0.15, 0.2) is 18.2 Å². The molecule has 1 nitrogen and oxygen atoms in total. The Bertz CT molecular complexity index is 325. The second-order valence-electron chi connectivity index (χ2n) is 3.89. The molecule has 2 unspecified atom stereocenters. The molecule has 0 aliphatic heterocycles. The highest BCUT2D eigenvalue weighted by molar-refractivity contribution is 6.35. The molecule has 0 aliphatic rings. The average Bonchev–Trinajstić information content (AvgIpc) is 2.20. The molecule has 0 heterocycles. The smallest absolute Gasteiger partial charge is 0.0566 e. The van der Waals surface area contributed by atoms with Gasteiger partial charge in [-0.25, -0.2) is 0 Å². The van der Waals surface area contributed by atoms with Gasteiger partial charge in [-0.15, -0.1) is 0 Å². The summed E-state index contributed by atoms with van der Waals surface area (Å²) in [6.45, 7) is 4.00. The molecule has 0 saturated heterocycles. The summed E-state index contributed by atoms with van der Waals surface area (Å²) >= 11 is 11.9. The lowest BCUT2D eigenvalue weighted by molar-refractivity contribution is 0.113. The van der Waals surface area contributed by atoms with E-state index >= 15 is 0 Å². The normalized spacial score (nSPS) is 15.0. The van der Waals surface area contributed by atoms with Crippen molar-refractivity contribution in [2.24, 2.45) is 5.92 Å². The first-order valence-corrected chi connectivity index (χ1v) is 5.92. The Balaban J connectivity index is 2.72. The van der Waals surface area contributed by atoms with Crippen LogP contribution in [0.3, 0.4) is 0 Å². The van der Waals surface area contributed by atoms with Crippen LogP contribution in [-0.2, 0) is 6.42 Å². The fourth-order valence-corrected chi connectivity index (χ4v) is 2.06. The average molecular weight is 247 g/mol. The van der Waals surface area contributed by atoms with E-state index < -0.39 is 0 Å². The third kappa shape index (κ3) is 3.67. The van der Waals surface area contributed by atoms with Crippen LogP contribution in [0.4, 0.5) is 0 Å².